The lowest BCUT2D eigenvalue weighted by Crippen LogP contribution is -2.44. The van der Waals surface area contributed by atoms with Gasteiger partial charge in [0, 0.05) is 6.04 Å². The molecule has 1 aliphatic rings. The van der Waals surface area contributed by atoms with Gasteiger partial charge in [0.15, 0.2) is 0 Å². The Balaban J connectivity index is 2.16. The number of thiophene rings is 1. The third-order valence-electron chi connectivity index (χ3n) is 2.92. The predicted octanol–water partition coefficient (Wildman–Crippen LogP) is 2.75. The molecule has 2 rings (SSSR count). The first kappa shape index (κ1) is 14.7. The molecule has 18 heavy (non-hydrogen) atoms. The molecular weight excluding hydrogens is 362 g/mol. The summed E-state index contributed by atoms with van der Waals surface area (Å²) in [5, 5.41) is 10.2. The molecule has 2 atom stereocenters. The lowest BCUT2D eigenvalue weighted by molar-refractivity contribution is 0.101. The number of aliphatic hydroxyl groups excluding tert-OH is 1. The van der Waals surface area contributed by atoms with E-state index < -0.39 is 22.2 Å². The van der Waals surface area contributed by atoms with Crippen LogP contribution in [0.1, 0.15) is 25.7 Å². The normalized spacial score (nSPS) is 25.3. The Morgan fingerprint density at radius 1 is 1.44 bits per heavy atom. The van der Waals surface area contributed by atoms with E-state index in [4.69, 9.17) is 11.6 Å². The minimum Gasteiger partial charge on any atom is -0.391 e. The van der Waals surface area contributed by atoms with Crippen LogP contribution in [0.5, 0.6) is 0 Å². The zero-order chi connectivity index (χ0) is 13.3. The molecule has 0 saturated heterocycles. The van der Waals surface area contributed by atoms with Crippen LogP contribution in [0.3, 0.4) is 0 Å². The molecule has 2 N–H and O–H groups in total. The van der Waals surface area contributed by atoms with Gasteiger partial charge in [0.25, 0.3) is 0 Å². The van der Waals surface area contributed by atoms with E-state index in [9.17, 15) is 13.5 Å². The molecule has 1 aromatic heterocycles. The Kier molecular flexibility index (Phi) is 4.72. The van der Waals surface area contributed by atoms with Gasteiger partial charge in [-0.3, -0.25) is 0 Å². The molecule has 0 aliphatic heterocycles. The first-order valence-corrected chi connectivity index (χ1v) is 9.02. The number of rotatable bonds is 3. The predicted molar refractivity (Wildman–Crippen MR) is 75.6 cm³/mol. The summed E-state index contributed by atoms with van der Waals surface area (Å²) in [6, 6.07) is 1.01. The quantitative estimate of drug-likeness (QED) is 0.855. The van der Waals surface area contributed by atoms with E-state index in [1.54, 1.807) is 0 Å². The SMILES string of the molecule is O=S(=O)(N[C@@H]1CCCC[C@H]1O)c1cc(Cl)c(Br)s1. The van der Waals surface area contributed by atoms with Crippen LogP contribution < -0.4 is 4.72 Å². The van der Waals surface area contributed by atoms with Crippen molar-refractivity contribution in [2.75, 3.05) is 0 Å². The van der Waals surface area contributed by atoms with E-state index in [1.807, 2.05) is 0 Å². The first-order valence-electron chi connectivity index (χ1n) is 5.55. The molecule has 102 valence electrons. The van der Waals surface area contributed by atoms with E-state index in [-0.39, 0.29) is 4.21 Å². The Hall–Kier alpha value is 0.340. The van der Waals surface area contributed by atoms with Crippen molar-refractivity contribution in [1.29, 1.82) is 0 Å². The minimum absolute atomic E-state index is 0.164. The topological polar surface area (TPSA) is 66.4 Å². The summed E-state index contributed by atoms with van der Waals surface area (Å²) in [5.41, 5.74) is 0. The summed E-state index contributed by atoms with van der Waals surface area (Å²) in [6.07, 6.45) is 2.57. The highest BCUT2D eigenvalue weighted by molar-refractivity contribution is 9.11. The lowest BCUT2D eigenvalue weighted by Gasteiger charge is -2.27. The van der Waals surface area contributed by atoms with Crippen molar-refractivity contribution in [3.63, 3.8) is 0 Å². The number of hydrogen-bond acceptors (Lipinski definition) is 4. The average Bonchev–Trinajstić information content (AvgIpc) is 2.63. The lowest BCUT2D eigenvalue weighted by atomic mass is 9.93. The van der Waals surface area contributed by atoms with Crippen LogP contribution in [0.4, 0.5) is 0 Å². The van der Waals surface area contributed by atoms with Gasteiger partial charge in [0.2, 0.25) is 10.0 Å². The fourth-order valence-electron chi connectivity index (χ4n) is 1.97. The van der Waals surface area contributed by atoms with Crippen LogP contribution >= 0.6 is 38.9 Å². The number of hydrogen-bond donors (Lipinski definition) is 2. The highest BCUT2D eigenvalue weighted by atomic mass is 79.9. The monoisotopic (exact) mass is 373 g/mol. The third kappa shape index (κ3) is 3.26. The van der Waals surface area contributed by atoms with Crippen molar-refractivity contribution >= 4 is 48.9 Å². The summed E-state index contributed by atoms with van der Waals surface area (Å²) in [4.78, 5) is 0. The second-order valence-corrected chi connectivity index (χ2v) is 8.98. The van der Waals surface area contributed by atoms with E-state index in [1.165, 1.54) is 6.07 Å². The fraction of sp³-hybridized carbons (Fsp3) is 0.600. The number of aliphatic hydroxyl groups is 1. The van der Waals surface area contributed by atoms with Crippen molar-refractivity contribution in [2.45, 2.75) is 42.0 Å². The van der Waals surface area contributed by atoms with Crippen LogP contribution in [-0.4, -0.2) is 25.7 Å². The van der Waals surface area contributed by atoms with E-state index in [0.717, 1.165) is 24.2 Å². The van der Waals surface area contributed by atoms with Gasteiger partial charge in [-0.1, -0.05) is 24.4 Å². The molecule has 1 heterocycles. The molecular formula is C10H13BrClNO3S2. The molecule has 1 aromatic rings. The van der Waals surface area contributed by atoms with Crippen LogP contribution in [0.2, 0.25) is 5.02 Å². The Labute approximate surface area is 124 Å². The van der Waals surface area contributed by atoms with Crippen LogP contribution in [0.25, 0.3) is 0 Å². The second kappa shape index (κ2) is 5.76. The Morgan fingerprint density at radius 3 is 2.67 bits per heavy atom. The molecule has 1 aliphatic carbocycles. The summed E-state index contributed by atoms with van der Waals surface area (Å²) in [7, 11) is -3.60. The van der Waals surface area contributed by atoms with Crippen molar-refractivity contribution in [3.8, 4) is 0 Å². The molecule has 1 saturated carbocycles. The first-order chi connectivity index (χ1) is 8.40. The number of halogens is 2. The molecule has 0 spiro atoms. The van der Waals surface area contributed by atoms with Crippen molar-refractivity contribution in [1.82, 2.24) is 4.72 Å². The van der Waals surface area contributed by atoms with Gasteiger partial charge < -0.3 is 5.11 Å². The van der Waals surface area contributed by atoms with Gasteiger partial charge in [-0.15, -0.1) is 11.3 Å². The fourth-order valence-corrected chi connectivity index (χ4v) is 5.68. The van der Waals surface area contributed by atoms with E-state index >= 15 is 0 Å². The van der Waals surface area contributed by atoms with Gasteiger partial charge in [0.1, 0.15) is 4.21 Å². The van der Waals surface area contributed by atoms with Gasteiger partial charge in [-0.2, -0.15) is 0 Å². The highest BCUT2D eigenvalue weighted by Gasteiger charge is 2.29. The maximum Gasteiger partial charge on any atom is 0.250 e. The minimum atomic E-state index is -3.60. The molecule has 1 fully saturated rings. The Bertz CT molecular complexity index is 512. The van der Waals surface area contributed by atoms with Crippen LogP contribution in [0, 0.1) is 0 Å². The number of sulfonamides is 1. The van der Waals surface area contributed by atoms with E-state index in [0.29, 0.717) is 21.7 Å². The van der Waals surface area contributed by atoms with Crippen molar-refractivity contribution in [3.05, 3.63) is 14.9 Å². The highest BCUT2D eigenvalue weighted by Crippen LogP contribution is 2.35. The summed E-state index contributed by atoms with van der Waals surface area (Å²) < 4.78 is 27.6. The molecule has 8 heteroatoms. The largest absolute Gasteiger partial charge is 0.391 e. The summed E-state index contributed by atoms with van der Waals surface area (Å²) in [5.74, 6) is 0. The molecule has 0 unspecified atom stereocenters. The zero-order valence-corrected chi connectivity index (χ0v) is 13.4. The maximum absolute atomic E-state index is 12.1. The Morgan fingerprint density at radius 2 is 2.11 bits per heavy atom. The maximum atomic E-state index is 12.1. The average molecular weight is 375 g/mol. The molecule has 0 bridgehead atoms. The third-order valence-corrected chi connectivity index (χ3v) is 7.36. The smallest absolute Gasteiger partial charge is 0.250 e. The standard InChI is InChI=1S/C10H13BrClNO3S2/c11-10-6(12)5-9(17-10)18(15,16)13-7-3-1-2-4-8(7)14/h5,7-8,13-14H,1-4H2/t7-,8-/m1/s1. The van der Waals surface area contributed by atoms with Crippen molar-refractivity contribution in [2.24, 2.45) is 0 Å². The van der Waals surface area contributed by atoms with Crippen molar-refractivity contribution < 1.29 is 13.5 Å². The second-order valence-electron chi connectivity index (χ2n) is 4.27. The van der Waals surface area contributed by atoms with Crippen LogP contribution in [-0.2, 0) is 10.0 Å². The van der Waals surface area contributed by atoms with Gasteiger partial charge in [-0.25, -0.2) is 13.1 Å². The zero-order valence-electron chi connectivity index (χ0n) is 9.40. The summed E-state index contributed by atoms with van der Waals surface area (Å²) >= 11 is 10.1. The number of nitrogens with one attached hydrogen (secondary N) is 1. The molecule has 0 radical (unpaired) electrons. The molecule has 0 amide bonds. The van der Waals surface area contributed by atoms with Gasteiger partial charge >= 0.3 is 0 Å². The van der Waals surface area contributed by atoms with Gasteiger partial charge in [-0.05, 0) is 34.8 Å². The van der Waals surface area contributed by atoms with Crippen LogP contribution in [0.15, 0.2) is 14.1 Å². The molecule has 4 nitrogen and oxygen atoms in total. The molecule has 0 aromatic carbocycles. The summed E-state index contributed by atoms with van der Waals surface area (Å²) in [6.45, 7) is 0. The van der Waals surface area contributed by atoms with Gasteiger partial charge in [0.05, 0.1) is 14.9 Å². The van der Waals surface area contributed by atoms with E-state index in [2.05, 4.69) is 20.7 Å².